The van der Waals surface area contributed by atoms with Gasteiger partial charge in [-0.3, -0.25) is 24.5 Å². The van der Waals surface area contributed by atoms with Gasteiger partial charge in [-0.15, -0.1) is 0 Å². The number of benzene rings is 3. The van der Waals surface area contributed by atoms with Crippen molar-refractivity contribution in [2.45, 2.75) is 47.0 Å². The molecule has 14 nitrogen and oxygen atoms in total. The third-order valence-corrected chi connectivity index (χ3v) is 9.25. The fourth-order valence-corrected chi connectivity index (χ4v) is 5.84. The average Bonchev–Trinajstić information content (AvgIpc) is 3.52. The van der Waals surface area contributed by atoms with E-state index in [2.05, 4.69) is 25.3 Å². The number of imidazole rings is 1. The molecule has 56 heavy (non-hydrogen) atoms. The summed E-state index contributed by atoms with van der Waals surface area (Å²) in [4.78, 5) is 62.4. The molecular weight excluding hydrogens is 734 g/mol. The van der Waals surface area contributed by atoms with E-state index in [9.17, 15) is 14.4 Å². The van der Waals surface area contributed by atoms with Crippen molar-refractivity contribution in [2.75, 3.05) is 16.8 Å². The number of nitrogens with zero attached hydrogens (tertiary/aromatic N) is 7. The monoisotopic (exact) mass is 773 g/mol. The standard InChI is InChI=1S/C41H40ClN9O5/c1-25-26(2)47-34(27(3)46-25)24-55-38(52)18-20-51(36-7-5-6-19-44-36)40(53)30-12-17-35-33(21-30)48-37(50(35)4)22-45-32-15-10-29(11-16-32)39(43)49-41(54)56-23-28-8-13-31(42)14-9-28/h5-17,19,21,45H,18,20,22-24H2,1-4H3,(H2,43,49,54). The van der Waals surface area contributed by atoms with Gasteiger partial charge in [0.15, 0.2) is 0 Å². The molecule has 0 atom stereocenters. The number of rotatable bonds is 13. The third-order valence-electron chi connectivity index (χ3n) is 9.00. The number of esters is 1. The van der Waals surface area contributed by atoms with Gasteiger partial charge in [0, 0.05) is 41.6 Å². The number of aliphatic imine (C=N–C) groups is 1. The maximum absolute atomic E-state index is 14.0. The molecule has 0 bridgehead atoms. The second-order valence-corrected chi connectivity index (χ2v) is 13.3. The normalized spacial score (nSPS) is 11.3. The van der Waals surface area contributed by atoms with Crippen LogP contribution in [0, 0.1) is 20.8 Å². The second-order valence-electron chi connectivity index (χ2n) is 12.9. The predicted molar refractivity (Wildman–Crippen MR) is 213 cm³/mol. The maximum atomic E-state index is 14.0. The van der Waals surface area contributed by atoms with Gasteiger partial charge in [-0.25, -0.2) is 14.8 Å². The number of nitrogens with two attached hydrogens (primary N) is 1. The van der Waals surface area contributed by atoms with Crippen LogP contribution in [0.3, 0.4) is 0 Å². The molecular formula is C41H40ClN9O5. The van der Waals surface area contributed by atoms with Gasteiger partial charge < -0.3 is 25.1 Å². The van der Waals surface area contributed by atoms with Crippen LogP contribution in [-0.4, -0.2) is 54.9 Å². The first-order chi connectivity index (χ1) is 26.9. The lowest BCUT2D eigenvalue weighted by atomic mass is 10.1. The molecule has 2 amide bonds. The minimum atomic E-state index is -0.800. The van der Waals surface area contributed by atoms with E-state index in [1.165, 1.54) is 4.90 Å². The molecule has 0 unspecified atom stereocenters. The minimum absolute atomic E-state index is 0.0103. The van der Waals surface area contributed by atoms with Crippen molar-refractivity contribution in [3.05, 3.63) is 141 Å². The number of anilines is 2. The summed E-state index contributed by atoms with van der Waals surface area (Å²) in [6.07, 6.45) is 0.735. The first kappa shape index (κ1) is 39.0. The Morgan fingerprint density at radius 2 is 1.59 bits per heavy atom. The fourth-order valence-electron chi connectivity index (χ4n) is 5.71. The van der Waals surface area contributed by atoms with Crippen molar-refractivity contribution in [2.24, 2.45) is 17.8 Å². The fraction of sp³-hybridized carbons (Fsp3) is 0.220. The summed E-state index contributed by atoms with van der Waals surface area (Å²) in [7, 11) is 1.90. The van der Waals surface area contributed by atoms with E-state index in [1.54, 1.807) is 72.9 Å². The summed E-state index contributed by atoms with van der Waals surface area (Å²) >= 11 is 5.90. The van der Waals surface area contributed by atoms with Crippen LogP contribution >= 0.6 is 11.6 Å². The molecule has 6 aromatic rings. The number of hydrogen-bond acceptors (Lipinski definition) is 10. The Balaban J connectivity index is 1.07. The number of carbonyl (C=O) groups excluding carboxylic acids is 3. The molecule has 0 aliphatic carbocycles. The summed E-state index contributed by atoms with van der Waals surface area (Å²) in [6.45, 7) is 6.02. The van der Waals surface area contributed by atoms with Crippen LogP contribution in [0.15, 0.2) is 96.1 Å². The first-order valence-electron chi connectivity index (χ1n) is 17.7. The average molecular weight is 774 g/mol. The van der Waals surface area contributed by atoms with Gasteiger partial charge in [-0.1, -0.05) is 29.8 Å². The Morgan fingerprint density at radius 1 is 0.857 bits per heavy atom. The molecule has 6 rings (SSSR count). The molecule has 0 spiro atoms. The first-order valence-corrected chi connectivity index (χ1v) is 18.1. The van der Waals surface area contributed by atoms with E-state index < -0.39 is 12.1 Å². The summed E-state index contributed by atoms with van der Waals surface area (Å²) in [5.74, 6) is 0.343. The molecule has 0 aliphatic rings. The second kappa shape index (κ2) is 17.6. The van der Waals surface area contributed by atoms with Crippen LogP contribution in [0.5, 0.6) is 0 Å². The molecule has 0 radical (unpaired) electrons. The van der Waals surface area contributed by atoms with Crippen LogP contribution in [0.25, 0.3) is 11.0 Å². The van der Waals surface area contributed by atoms with Gasteiger partial charge in [0.2, 0.25) is 0 Å². The third kappa shape index (κ3) is 9.70. The summed E-state index contributed by atoms with van der Waals surface area (Å²) in [6, 6.07) is 24.6. The van der Waals surface area contributed by atoms with Gasteiger partial charge in [-0.05, 0) is 93.1 Å². The van der Waals surface area contributed by atoms with Gasteiger partial charge >= 0.3 is 12.1 Å². The number of nitrogens with one attached hydrogen (secondary N) is 1. The van der Waals surface area contributed by atoms with E-state index in [0.717, 1.165) is 34.0 Å². The van der Waals surface area contributed by atoms with E-state index >= 15 is 0 Å². The lowest BCUT2D eigenvalue weighted by molar-refractivity contribution is -0.144. The van der Waals surface area contributed by atoms with Crippen molar-refractivity contribution in [1.82, 2.24) is 24.5 Å². The number of aromatic nitrogens is 5. The number of amidine groups is 1. The lowest BCUT2D eigenvalue weighted by Gasteiger charge is -2.21. The molecule has 0 aliphatic heterocycles. The van der Waals surface area contributed by atoms with Crippen LogP contribution in [0.1, 0.15) is 56.5 Å². The zero-order valence-electron chi connectivity index (χ0n) is 31.3. The minimum Gasteiger partial charge on any atom is -0.459 e. The molecule has 3 aromatic carbocycles. The molecule has 3 heterocycles. The van der Waals surface area contributed by atoms with Gasteiger partial charge in [-0.2, -0.15) is 4.99 Å². The number of amides is 2. The lowest BCUT2D eigenvalue weighted by Crippen LogP contribution is -2.34. The van der Waals surface area contributed by atoms with Crippen molar-refractivity contribution in [3.8, 4) is 0 Å². The Hall–Kier alpha value is -6.67. The smallest absolute Gasteiger partial charge is 0.435 e. The zero-order chi connectivity index (χ0) is 39.8. The Labute approximate surface area is 328 Å². The molecule has 3 aromatic heterocycles. The van der Waals surface area contributed by atoms with E-state index in [-0.39, 0.29) is 37.9 Å². The van der Waals surface area contributed by atoms with Crippen LogP contribution in [-0.2, 0) is 41.1 Å². The zero-order valence-corrected chi connectivity index (χ0v) is 32.1. The maximum Gasteiger partial charge on any atom is 0.435 e. The number of hydrogen-bond donors (Lipinski definition) is 2. The predicted octanol–water partition coefficient (Wildman–Crippen LogP) is 6.77. The van der Waals surface area contributed by atoms with Crippen LogP contribution in [0.2, 0.25) is 5.02 Å². The van der Waals surface area contributed by atoms with Crippen molar-refractivity contribution < 1.29 is 23.9 Å². The highest BCUT2D eigenvalue weighted by molar-refractivity contribution is 6.30. The van der Waals surface area contributed by atoms with E-state index in [4.69, 9.17) is 31.8 Å². The topological polar surface area (TPSA) is 180 Å². The molecule has 286 valence electrons. The summed E-state index contributed by atoms with van der Waals surface area (Å²) < 4.78 is 12.6. The quantitative estimate of drug-likeness (QED) is 0.0718. The largest absolute Gasteiger partial charge is 0.459 e. The van der Waals surface area contributed by atoms with Gasteiger partial charge in [0.25, 0.3) is 5.91 Å². The summed E-state index contributed by atoms with van der Waals surface area (Å²) in [5, 5.41) is 3.94. The van der Waals surface area contributed by atoms with E-state index in [1.807, 2.05) is 50.6 Å². The van der Waals surface area contributed by atoms with Crippen molar-refractivity contribution in [1.29, 1.82) is 0 Å². The van der Waals surface area contributed by atoms with Crippen LogP contribution < -0.4 is 16.0 Å². The number of halogens is 1. The Morgan fingerprint density at radius 3 is 2.32 bits per heavy atom. The number of carbonyl (C=O) groups is 3. The van der Waals surface area contributed by atoms with E-state index in [0.29, 0.717) is 45.4 Å². The summed E-state index contributed by atoms with van der Waals surface area (Å²) in [5.41, 5.74) is 12.9. The SMILES string of the molecule is Cc1nc(C)c(COC(=O)CCN(C(=O)c2ccc3c(c2)nc(CNc2ccc(/C(N)=N/C(=O)OCc4ccc(Cl)cc4)cc2)n3C)c2ccccn2)nc1C. The number of fused-ring (bicyclic) bond motifs is 1. The molecule has 0 fully saturated rings. The van der Waals surface area contributed by atoms with Gasteiger partial charge in [0.1, 0.15) is 30.7 Å². The number of pyridine rings is 1. The highest BCUT2D eigenvalue weighted by atomic mass is 35.5. The molecule has 0 saturated heterocycles. The molecule has 15 heteroatoms. The highest BCUT2D eigenvalue weighted by Gasteiger charge is 2.22. The molecule has 0 saturated carbocycles. The highest BCUT2D eigenvalue weighted by Crippen LogP contribution is 2.22. The Kier molecular flexibility index (Phi) is 12.3. The van der Waals surface area contributed by atoms with Gasteiger partial charge in [0.05, 0.1) is 46.8 Å². The number of aryl methyl sites for hydroxylation is 4. The van der Waals surface area contributed by atoms with Crippen molar-refractivity contribution in [3.63, 3.8) is 0 Å². The molecule has 3 N–H and O–H groups in total. The number of ether oxygens (including phenoxy) is 2. The van der Waals surface area contributed by atoms with Crippen molar-refractivity contribution >= 4 is 57.9 Å². The van der Waals surface area contributed by atoms with Crippen LogP contribution in [0.4, 0.5) is 16.3 Å². The Bertz CT molecular complexity index is 2400.